The molecule has 1 aromatic carbocycles. The Morgan fingerprint density at radius 3 is 2.61 bits per heavy atom. The van der Waals surface area contributed by atoms with Crippen LogP contribution in [0.25, 0.3) is 0 Å². The maximum absolute atomic E-state index is 12.6. The molecule has 1 amide bonds. The fourth-order valence-corrected chi connectivity index (χ4v) is 1.22. The largest absolute Gasteiger partial charge is 0.346 e. The summed E-state index contributed by atoms with van der Waals surface area (Å²) in [6, 6.07) is 5.98. The first-order valence-corrected chi connectivity index (χ1v) is 5.10. The molecule has 0 bridgehead atoms. The van der Waals surface area contributed by atoms with Crippen molar-refractivity contribution in [2.24, 2.45) is 5.73 Å². The topological polar surface area (TPSA) is 55.1 Å². The standard InChI is InChI=1S/C11H12F4N2O/c12-10(13)11(14,15)6-17-9(18)8-3-1-2-7(4-8)5-16/h1-4,10H,5-6,16H2,(H,17,18). The molecule has 3 nitrogen and oxygen atoms in total. The quantitative estimate of drug-likeness (QED) is 0.796. The molecule has 3 N–H and O–H groups in total. The highest BCUT2D eigenvalue weighted by atomic mass is 19.3. The Morgan fingerprint density at radius 1 is 1.39 bits per heavy atom. The highest BCUT2D eigenvalue weighted by Gasteiger charge is 2.40. The maximum Gasteiger partial charge on any atom is 0.324 e. The van der Waals surface area contributed by atoms with Gasteiger partial charge in [-0.25, -0.2) is 8.78 Å². The zero-order valence-electron chi connectivity index (χ0n) is 9.30. The molecule has 1 aromatic rings. The molecule has 100 valence electrons. The Balaban J connectivity index is 2.66. The van der Waals surface area contributed by atoms with E-state index in [1.165, 1.54) is 18.2 Å². The van der Waals surface area contributed by atoms with E-state index < -0.39 is 24.8 Å². The van der Waals surface area contributed by atoms with Crippen molar-refractivity contribution >= 4 is 5.91 Å². The van der Waals surface area contributed by atoms with Crippen LogP contribution < -0.4 is 11.1 Å². The third kappa shape index (κ3) is 3.69. The minimum Gasteiger partial charge on any atom is -0.346 e. The summed E-state index contributed by atoms with van der Waals surface area (Å²) < 4.78 is 48.9. The summed E-state index contributed by atoms with van der Waals surface area (Å²) in [5, 5.41) is 1.76. The molecule has 0 aliphatic heterocycles. The van der Waals surface area contributed by atoms with Gasteiger partial charge >= 0.3 is 12.3 Å². The first-order chi connectivity index (χ1) is 8.36. The van der Waals surface area contributed by atoms with Gasteiger partial charge in [0.2, 0.25) is 0 Å². The van der Waals surface area contributed by atoms with Crippen LogP contribution in [-0.4, -0.2) is 24.8 Å². The van der Waals surface area contributed by atoms with Gasteiger partial charge in [-0.2, -0.15) is 8.78 Å². The molecule has 0 radical (unpaired) electrons. The van der Waals surface area contributed by atoms with Gasteiger partial charge in [0.25, 0.3) is 5.91 Å². The van der Waals surface area contributed by atoms with Crippen LogP contribution in [0.1, 0.15) is 15.9 Å². The molecule has 0 atom stereocenters. The number of amides is 1. The SMILES string of the molecule is NCc1cccc(C(=O)NCC(F)(F)C(F)F)c1. The molecular formula is C11H12F4N2O. The number of alkyl halides is 4. The van der Waals surface area contributed by atoms with Gasteiger partial charge < -0.3 is 11.1 Å². The molecule has 0 heterocycles. The van der Waals surface area contributed by atoms with E-state index in [-0.39, 0.29) is 12.1 Å². The number of benzene rings is 1. The van der Waals surface area contributed by atoms with E-state index in [2.05, 4.69) is 0 Å². The van der Waals surface area contributed by atoms with Crippen molar-refractivity contribution in [3.8, 4) is 0 Å². The summed E-state index contributed by atoms with van der Waals surface area (Å²) >= 11 is 0. The number of carbonyl (C=O) groups is 1. The van der Waals surface area contributed by atoms with Gasteiger partial charge in [0.1, 0.15) is 0 Å². The first kappa shape index (κ1) is 14.4. The zero-order valence-corrected chi connectivity index (χ0v) is 9.30. The van der Waals surface area contributed by atoms with E-state index in [9.17, 15) is 22.4 Å². The van der Waals surface area contributed by atoms with Crippen molar-refractivity contribution in [3.05, 3.63) is 35.4 Å². The number of nitrogens with one attached hydrogen (secondary N) is 1. The number of hydrogen-bond donors (Lipinski definition) is 2. The minimum absolute atomic E-state index is 0.100. The molecule has 0 unspecified atom stereocenters. The number of nitrogens with two attached hydrogens (primary N) is 1. The van der Waals surface area contributed by atoms with Crippen molar-refractivity contribution in [3.63, 3.8) is 0 Å². The van der Waals surface area contributed by atoms with Crippen molar-refractivity contribution in [2.45, 2.75) is 18.9 Å². The predicted octanol–water partition coefficient (Wildman–Crippen LogP) is 1.78. The summed E-state index contributed by atoms with van der Waals surface area (Å²) in [7, 11) is 0. The van der Waals surface area contributed by atoms with Crippen LogP contribution in [0.5, 0.6) is 0 Å². The molecule has 0 aliphatic rings. The predicted molar refractivity (Wildman–Crippen MR) is 57.6 cm³/mol. The average Bonchev–Trinajstić information content (AvgIpc) is 2.36. The van der Waals surface area contributed by atoms with Gasteiger partial charge in [-0.1, -0.05) is 12.1 Å². The van der Waals surface area contributed by atoms with Gasteiger partial charge in [0.15, 0.2) is 0 Å². The summed E-state index contributed by atoms with van der Waals surface area (Å²) in [5.41, 5.74) is 6.09. The van der Waals surface area contributed by atoms with E-state index in [1.54, 1.807) is 11.4 Å². The molecule has 0 fully saturated rings. The van der Waals surface area contributed by atoms with Gasteiger partial charge in [0, 0.05) is 12.1 Å². The summed E-state index contributed by atoms with van der Waals surface area (Å²) in [6.07, 6.45) is -3.81. The lowest BCUT2D eigenvalue weighted by atomic mass is 10.1. The average molecular weight is 264 g/mol. The molecule has 0 aliphatic carbocycles. The summed E-state index contributed by atoms with van der Waals surface area (Å²) in [4.78, 5) is 11.5. The van der Waals surface area contributed by atoms with E-state index in [1.807, 2.05) is 0 Å². The van der Waals surface area contributed by atoms with Crippen molar-refractivity contribution in [1.29, 1.82) is 0 Å². The number of carbonyl (C=O) groups excluding carboxylic acids is 1. The molecule has 0 saturated carbocycles. The first-order valence-electron chi connectivity index (χ1n) is 5.10. The summed E-state index contributed by atoms with van der Waals surface area (Å²) in [6.45, 7) is -1.22. The van der Waals surface area contributed by atoms with Gasteiger partial charge in [-0.05, 0) is 17.7 Å². The Kier molecular flexibility index (Phi) is 4.66. The monoisotopic (exact) mass is 264 g/mol. The molecule has 7 heteroatoms. The second kappa shape index (κ2) is 5.81. The van der Waals surface area contributed by atoms with E-state index in [0.717, 1.165) is 0 Å². The van der Waals surface area contributed by atoms with Crippen LogP contribution >= 0.6 is 0 Å². The molecule has 0 aromatic heterocycles. The normalized spacial score (nSPS) is 11.7. The van der Waals surface area contributed by atoms with Gasteiger partial charge in [-0.15, -0.1) is 0 Å². The number of halogens is 4. The molecular weight excluding hydrogens is 252 g/mol. The molecule has 18 heavy (non-hydrogen) atoms. The number of rotatable bonds is 5. The second-order valence-corrected chi connectivity index (χ2v) is 3.65. The van der Waals surface area contributed by atoms with E-state index in [0.29, 0.717) is 5.56 Å². The minimum atomic E-state index is -4.23. The third-order valence-electron chi connectivity index (χ3n) is 2.23. The smallest absolute Gasteiger partial charge is 0.324 e. The maximum atomic E-state index is 12.6. The van der Waals surface area contributed by atoms with Crippen molar-refractivity contribution < 1.29 is 22.4 Å². The molecule has 1 rings (SSSR count). The van der Waals surface area contributed by atoms with Crippen LogP contribution in [0.15, 0.2) is 24.3 Å². The van der Waals surface area contributed by atoms with Crippen molar-refractivity contribution in [2.75, 3.05) is 6.54 Å². The Morgan fingerprint density at radius 2 is 2.06 bits per heavy atom. The van der Waals surface area contributed by atoms with Gasteiger partial charge in [0.05, 0.1) is 6.54 Å². The molecule has 0 spiro atoms. The zero-order chi connectivity index (χ0) is 13.8. The van der Waals surface area contributed by atoms with Crippen LogP contribution in [0.3, 0.4) is 0 Å². The lowest BCUT2D eigenvalue weighted by Gasteiger charge is -2.15. The highest BCUT2D eigenvalue weighted by Crippen LogP contribution is 2.21. The van der Waals surface area contributed by atoms with E-state index >= 15 is 0 Å². The lowest BCUT2D eigenvalue weighted by Crippen LogP contribution is -2.41. The Hall–Kier alpha value is -1.63. The fourth-order valence-electron chi connectivity index (χ4n) is 1.22. The third-order valence-corrected chi connectivity index (χ3v) is 2.23. The van der Waals surface area contributed by atoms with Gasteiger partial charge in [-0.3, -0.25) is 4.79 Å². The van der Waals surface area contributed by atoms with Crippen LogP contribution in [0.2, 0.25) is 0 Å². The second-order valence-electron chi connectivity index (χ2n) is 3.65. The van der Waals surface area contributed by atoms with Crippen LogP contribution in [0.4, 0.5) is 17.6 Å². The number of hydrogen-bond acceptors (Lipinski definition) is 2. The van der Waals surface area contributed by atoms with Crippen LogP contribution in [0, 0.1) is 0 Å². The Labute approximate surface area is 101 Å². The van der Waals surface area contributed by atoms with Crippen molar-refractivity contribution in [1.82, 2.24) is 5.32 Å². The molecule has 0 saturated heterocycles. The fraction of sp³-hybridized carbons (Fsp3) is 0.364. The van der Waals surface area contributed by atoms with Crippen LogP contribution in [-0.2, 0) is 6.54 Å². The summed E-state index contributed by atoms with van der Waals surface area (Å²) in [5.74, 6) is -5.08. The highest BCUT2D eigenvalue weighted by molar-refractivity contribution is 5.94. The lowest BCUT2D eigenvalue weighted by molar-refractivity contribution is -0.123. The van der Waals surface area contributed by atoms with E-state index in [4.69, 9.17) is 5.73 Å². The Bertz CT molecular complexity index is 423.